The molecule has 0 aromatic heterocycles. The number of carbonyl (C=O) groups excluding carboxylic acids is 3. The van der Waals surface area contributed by atoms with E-state index in [0.29, 0.717) is 12.0 Å². The van der Waals surface area contributed by atoms with Crippen LogP contribution in [-0.4, -0.2) is 46.0 Å². The van der Waals surface area contributed by atoms with Gasteiger partial charge in [-0.25, -0.2) is 4.79 Å². The van der Waals surface area contributed by atoms with Gasteiger partial charge in [0.2, 0.25) is 11.8 Å². The maximum Gasteiger partial charge on any atom is 0.408 e. The Balaban J connectivity index is 2.54. The molecular formula is C31H49N3O4. The fourth-order valence-electron chi connectivity index (χ4n) is 4.96. The molecule has 1 aliphatic carbocycles. The van der Waals surface area contributed by atoms with Crippen LogP contribution in [0.5, 0.6) is 0 Å². The van der Waals surface area contributed by atoms with Gasteiger partial charge < -0.3 is 20.3 Å². The smallest absolute Gasteiger partial charge is 0.408 e. The third kappa shape index (κ3) is 9.48. The second-order valence-corrected chi connectivity index (χ2v) is 12.8. The van der Waals surface area contributed by atoms with Crippen LogP contribution in [0.3, 0.4) is 0 Å². The van der Waals surface area contributed by atoms with Crippen LogP contribution in [0.25, 0.3) is 6.08 Å². The molecule has 1 saturated carbocycles. The SMILES string of the molecule is C=Cc1cccc(C(C(=O)NC2CCCCC2)N(C(=O)C(CC(C)C)NC(=O)OC(C)(C)C)C(C)(C)C)c1. The van der Waals surface area contributed by atoms with Gasteiger partial charge >= 0.3 is 6.09 Å². The van der Waals surface area contributed by atoms with Crippen LogP contribution in [0.15, 0.2) is 30.8 Å². The first-order valence-electron chi connectivity index (χ1n) is 14.0. The molecule has 2 rings (SSSR count). The van der Waals surface area contributed by atoms with Gasteiger partial charge in [0.25, 0.3) is 0 Å². The van der Waals surface area contributed by atoms with Gasteiger partial charge in [0.05, 0.1) is 0 Å². The molecule has 3 amide bonds. The largest absolute Gasteiger partial charge is 0.444 e. The minimum atomic E-state index is -0.876. The van der Waals surface area contributed by atoms with Crippen LogP contribution in [-0.2, 0) is 14.3 Å². The van der Waals surface area contributed by atoms with E-state index in [4.69, 9.17) is 4.74 Å². The molecule has 0 bridgehead atoms. The van der Waals surface area contributed by atoms with Crippen LogP contribution < -0.4 is 10.6 Å². The van der Waals surface area contributed by atoms with Crippen molar-refractivity contribution in [3.8, 4) is 0 Å². The summed E-state index contributed by atoms with van der Waals surface area (Å²) in [6, 6.07) is 5.94. The van der Waals surface area contributed by atoms with E-state index >= 15 is 0 Å². The monoisotopic (exact) mass is 527 g/mol. The van der Waals surface area contributed by atoms with Crippen molar-refractivity contribution in [2.75, 3.05) is 0 Å². The second-order valence-electron chi connectivity index (χ2n) is 12.8. The number of benzene rings is 1. The molecule has 1 aromatic rings. The molecule has 1 aliphatic rings. The van der Waals surface area contributed by atoms with Gasteiger partial charge in [-0.05, 0) is 83.9 Å². The van der Waals surface area contributed by atoms with Crippen molar-refractivity contribution in [1.82, 2.24) is 15.5 Å². The van der Waals surface area contributed by atoms with Gasteiger partial charge in [0.15, 0.2) is 0 Å². The normalized spacial score (nSPS) is 16.3. The molecule has 7 heteroatoms. The zero-order chi connectivity index (χ0) is 28.7. The third-order valence-corrected chi connectivity index (χ3v) is 6.58. The number of carbonyl (C=O) groups is 3. The fourth-order valence-corrected chi connectivity index (χ4v) is 4.96. The number of ether oxygens (including phenoxy) is 1. The Hall–Kier alpha value is -2.83. The summed E-state index contributed by atoms with van der Waals surface area (Å²) in [6.45, 7) is 19.0. The predicted octanol–water partition coefficient (Wildman–Crippen LogP) is 6.39. The maximum atomic E-state index is 14.3. The lowest BCUT2D eigenvalue weighted by molar-refractivity contribution is -0.149. The molecule has 2 atom stereocenters. The van der Waals surface area contributed by atoms with Gasteiger partial charge in [0, 0.05) is 11.6 Å². The quantitative estimate of drug-likeness (QED) is 0.390. The van der Waals surface area contributed by atoms with Crippen LogP contribution >= 0.6 is 0 Å². The zero-order valence-corrected chi connectivity index (χ0v) is 24.7. The molecule has 212 valence electrons. The Labute approximate surface area is 229 Å². The highest BCUT2D eigenvalue weighted by molar-refractivity contribution is 5.93. The summed E-state index contributed by atoms with van der Waals surface area (Å²) in [4.78, 5) is 42.8. The highest BCUT2D eigenvalue weighted by atomic mass is 16.6. The number of nitrogens with one attached hydrogen (secondary N) is 2. The van der Waals surface area contributed by atoms with E-state index in [1.54, 1.807) is 31.7 Å². The summed E-state index contributed by atoms with van der Waals surface area (Å²) in [5.41, 5.74) is 0.150. The summed E-state index contributed by atoms with van der Waals surface area (Å²) < 4.78 is 5.48. The van der Waals surface area contributed by atoms with Crippen molar-refractivity contribution in [2.45, 2.75) is 123 Å². The average Bonchev–Trinajstić information content (AvgIpc) is 2.80. The highest BCUT2D eigenvalue weighted by Gasteiger charge is 2.42. The first-order valence-corrected chi connectivity index (χ1v) is 14.0. The number of alkyl carbamates (subject to hydrolysis) is 1. The Bertz CT molecular complexity index is 968. The van der Waals surface area contributed by atoms with Gasteiger partial charge in [-0.3, -0.25) is 9.59 Å². The minimum absolute atomic E-state index is 0.0876. The molecule has 0 spiro atoms. The molecule has 0 saturated heterocycles. The lowest BCUT2D eigenvalue weighted by atomic mass is 9.91. The average molecular weight is 528 g/mol. The maximum absolute atomic E-state index is 14.3. The summed E-state index contributed by atoms with van der Waals surface area (Å²) in [6.07, 6.45) is 6.71. The van der Waals surface area contributed by atoms with Crippen LogP contribution in [0.1, 0.15) is 111 Å². The van der Waals surface area contributed by atoms with Gasteiger partial charge in [-0.2, -0.15) is 0 Å². The fraction of sp³-hybridized carbons (Fsp3) is 0.645. The van der Waals surface area contributed by atoms with Crippen molar-refractivity contribution < 1.29 is 19.1 Å². The van der Waals surface area contributed by atoms with Crippen LogP contribution in [0, 0.1) is 5.92 Å². The van der Waals surface area contributed by atoms with Crippen LogP contribution in [0.2, 0.25) is 0 Å². The third-order valence-electron chi connectivity index (χ3n) is 6.58. The van der Waals surface area contributed by atoms with Crippen molar-refractivity contribution in [2.24, 2.45) is 5.92 Å². The lowest BCUT2D eigenvalue weighted by Gasteiger charge is -2.43. The van der Waals surface area contributed by atoms with Crippen LogP contribution in [0.4, 0.5) is 4.79 Å². The number of nitrogens with zero attached hydrogens (tertiary/aromatic N) is 1. The molecule has 0 heterocycles. The summed E-state index contributed by atoms with van der Waals surface area (Å²) in [5.74, 6) is -0.397. The Morgan fingerprint density at radius 3 is 2.24 bits per heavy atom. The van der Waals surface area contributed by atoms with Crippen molar-refractivity contribution >= 4 is 24.0 Å². The van der Waals surface area contributed by atoms with E-state index in [2.05, 4.69) is 17.2 Å². The second kappa shape index (κ2) is 13.3. The van der Waals surface area contributed by atoms with Gasteiger partial charge in [-0.15, -0.1) is 0 Å². The minimum Gasteiger partial charge on any atom is -0.444 e. The van der Waals surface area contributed by atoms with Gasteiger partial charge in [-0.1, -0.05) is 64.0 Å². The zero-order valence-electron chi connectivity index (χ0n) is 24.7. The Morgan fingerprint density at radius 1 is 1.08 bits per heavy atom. The summed E-state index contributed by atoms with van der Waals surface area (Å²) in [5, 5.41) is 6.05. The Kier molecular flexibility index (Phi) is 11.0. The number of amides is 3. The molecule has 1 aromatic carbocycles. The molecule has 38 heavy (non-hydrogen) atoms. The number of rotatable bonds is 9. The number of hydrogen-bond acceptors (Lipinski definition) is 4. The molecule has 0 aliphatic heterocycles. The van der Waals surface area contributed by atoms with E-state index in [-0.39, 0.29) is 23.8 Å². The summed E-state index contributed by atoms with van der Waals surface area (Å²) >= 11 is 0. The van der Waals surface area contributed by atoms with Crippen molar-refractivity contribution in [3.63, 3.8) is 0 Å². The highest BCUT2D eigenvalue weighted by Crippen LogP contribution is 2.32. The topological polar surface area (TPSA) is 87.7 Å². The van der Waals surface area contributed by atoms with E-state index in [9.17, 15) is 14.4 Å². The van der Waals surface area contributed by atoms with E-state index in [1.807, 2.05) is 58.9 Å². The predicted molar refractivity (Wildman–Crippen MR) is 154 cm³/mol. The van der Waals surface area contributed by atoms with E-state index in [1.165, 1.54) is 6.42 Å². The molecule has 2 N–H and O–H groups in total. The number of hydrogen-bond donors (Lipinski definition) is 2. The molecule has 0 radical (unpaired) electrons. The molecule has 2 unspecified atom stereocenters. The molecule has 7 nitrogen and oxygen atoms in total. The first-order chi connectivity index (χ1) is 17.6. The summed E-state index contributed by atoms with van der Waals surface area (Å²) in [7, 11) is 0. The first kappa shape index (κ1) is 31.4. The van der Waals surface area contributed by atoms with Crippen molar-refractivity contribution in [1.29, 1.82) is 0 Å². The molecular weight excluding hydrogens is 478 g/mol. The lowest BCUT2D eigenvalue weighted by Crippen LogP contribution is -2.59. The molecule has 1 fully saturated rings. The Morgan fingerprint density at radius 2 is 1.71 bits per heavy atom. The van der Waals surface area contributed by atoms with Gasteiger partial charge in [0.1, 0.15) is 17.7 Å². The standard InChI is InChI=1S/C31H49N3O4/c1-10-22-15-14-16-23(20-22)26(27(35)32-24-17-12-11-13-18-24)34(30(4,5)6)28(36)25(19-21(2)3)33-29(37)38-31(7,8)9/h10,14-16,20-21,24-26H,1,11-13,17-19H2,2-9H3,(H,32,35)(H,33,37). The van der Waals surface area contributed by atoms with Crippen molar-refractivity contribution in [3.05, 3.63) is 42.0 Å². The van der Waals surface area contributed by atoms with E-state index < -0.39 is 29.3 Å². The van der Waals surface area contributed by atoms with E-state index in [0.717, 1.165) is 31.2 Å².